The zero-order valence-corrected chi connectivity index (χ0v) is 11.3. The number of nitrogens with zero attached hydrogens (tertiary/aromatic N) is 1. The number of rotatable bonds is 6. The second-order valence-electron chi connectivity index (χ2n) is 4.06. The van der Waals surface area contributed by atoms with E-state index in [1.165, 1.54) is 0 Å². The number of aromatic nitrogens is 1. The second kappa shape index (κ2) is 6.51. The summed E-state index contributed by atoms with van der Waals surface area (Å²) >= 11 is 4.98. The van der Waals surface area contributed by atoms with E-state index in [0.717, 1.165) is 17.1 Å². The van der Waals surface area contributed by atoms with Gasteiger partial charge in [0.15, 0.2) is 0 Å². The topological polar surface area (TPSA) is 60.2 Å². The van der Waals surface area contributed by atoms with Gasteiger partial charge in [0, 0.05) is 12.2 Å². The molecule has 5 heteroatoms. The molecule has 0 aliphatic rings. The van der Waals surface area contributed by atoms with Crippen molar-refractivity contribution < 1.29 is 4.74 Å². The summed E-state index contributed by atoms with van der Waals surface area (Å²) in [6, 6.07) is 3.78. The molecule has 4 nitrogen and oxygen atoms in total. The number of aryl methyl sites for hydroxylation is 1. The molecule has 1 heterocycles. The van der Waals surface area contributed by atoms with Gasteiger partial charge in [-0.05, 0) is 32.9 Å². The lowest BCUT2D eigenvalue weighted by Gasteiger charge is -2.12. The molecule has 0 bridgehead atoms. The standard InChI is InChI=1S/C12H19N3OS/c1-8(2)16-7-6-14-12-10(11(13)17)5-4-9(3)15-12/h4-5,8H,6-7H2,1-3H3,(H2,13,17)(H,14,15). The maximum atomic E-state index is 5.64. The summed E-state index contributed by atoms with van der Waals surface area (Å²) in [4.78, 5) is 4.73. The minimum atomic E-state index is 0.234. The quantitative estimate of drug-likeness (QED) is 0.598. The molecule has 1 aromatic rings. The van der Waals surface area contributed by atoms with Crippen LogP contribution < -0.4 is 11.1 Å². The minimum absolute atomic E-state index is 0.234. The molecular formula is C12H19N3OS. The molecule has 0 aromatic carbocycles. The van der Waals surface area contributed by atoms with Crippen LogP contribution in [0.15, 0.2) is 12.1 Å². The lowest BCUT2D eigenvalue weighted by atomic mass is 10.2. The van der Waals surface area contributed by atoms with Crippen molar-refractivity contribution in [2.45, 2.75) is 26.9 Å². The third kappa shape index (κ3) is 4.66. The van der Waals surface area contributed by atoms with Crippen molar-refractivity contribution in [2.24, 2.45) is 5.73 Å². The van der Waals surface area contributed by atoms with Gasteiger partial charge in [-0.3, -0.25) is 0 Å². The number of nitrogens with one attached hydrogen (secondary N) is 1. The van der Waals surface area contributed by atoms with E-state index in [9.17, 15) is 0 Å². The molecular weight excluding hydrogens is 234 g/mol. The van der Waals surface area contributed by atoms with Crippen LogP contribution in [-0.2, 0) is 4.74 Å². The SMILES string of the molecule is Cc1ccc(C(N)=S)c(NCCOC(C)C)n1. The van der Waals surface area contributed by atoms with Gasteiger partial charge >= 0.3 is 0 Å². The van der Waals surface area contributed by atoms with E-state index >= 15 is 0 Å². The van der Waals surface area contributed by atoms with Gasteiger partial charge in [0.1, 0.15) is 10.8 Å². The van der Waals surface area contributed by atoms with Crippen LogP contribution in [-0.4, -0.2) is 29.2 Å². The molecule has 3 N–H and O–H groups in total. The monoisotopic (exact) mass is 253 g/mol. The molecule has 0 fully saturated rings. The Morgan fingerprint density at radius 3 is 2.82 bits per heavy atom. The zero-order valence-electron chi connectivity index (χ0n) is 10.5. The van der Waals surface area contributed by atoms with Gasteiger partial charge in [0.2, 0.25) is 0 Å². The van der Waals surface area contributed by atoms with Crippen LogP contribution >= 0.6 is 12.2 Å². The predicted octanol–water partition coefficient (Wildman–Crippen LogP) is 1.86. The molecule has 0 saturated carbocycles. The van der Waals surface area contributed by atoms with Crippen molar-refractivity contribution in [3.05, 3.63) is 23.4 Å². The Morgan fingerprint density at radius 1 is 1.53 bits per heavy atom. The third-order valence-electron chi connectivity index (χ3n) is 2.15. The highest BCUT2D eigenvalue weighted by atomic mass is 32.1. The number of nitrogens with two attached hydrogens (primary N) is 1. The average Bonchev–Trinajstić information content (AvgIpc) is 2.23. The highest BCUT2D eigenvalue weighted by Crippen LogP contribution is 2.12. The lowest BCUT2D eigenvalue weighted by Crippen LogP contribution is -2.18. The summed E-state index contributed by atoms with van der Waals surface area (Å²) in [5.74, 6) is 0.727. The molecule has 0 unspecified atom stereocenters. The van der Waals surface area contributed by atoms with Crippen molar-refractivity contribution in [3.8, 4) is 0 Å². The molecule has 0 saturated heterocycles. The Kier molecular flexibility index (Phi) is 5.31. The summed E-state index contributed by atoms with van der Waals surface area (Å²) in [5.41, 5.74) is 7.34. The first-order valence-corrected chi connectivity index (χ1v) is 6.04. The first-order chi connectivity index (χ1) is 8.00. The molecule has 0 spiro atoms. The molecule has 1 aromatic heterocycles. The van der Waals surface area contributed by atoms with Crippen molar-refractivity contribution in [1.82, 2.24) is 4.98 Å². The Balaban J connectivity index is 2.62. The molecule has 0 aliphatic carbocycles. The van der Waals surface area contributed by atoms with Gasteiger partial charge in [-0.15, -0.1) is 0 Å². The van der Waals surface area contributed by atoms with Crippen LogP contribution in [0.3, 0.4) is 0 Å². The van der Waals surface area contributed by atoms with Crippen LogP contribution in [0, 0.1) is 6.92 Å². The van der Waals surface area contributed by atoms with Crippen molar-refractivity contribution in [3.63, 3.8) is 0 Å². The molecule has 0 atom stereocenters. The van der Waals surface area contributed by atoms with Crippen LogP contribution in [0.5, 0.6) is 0 Å². The predicted molar refractivity (Wildman–Crippen MR) is 74.4 cm³/mol. The number of anilines is 1. The molecule has 94 valence electrons. The number of hydrogen-bond donors (Lipinski definition) is 2. The normalized spacial score (nSPS) is 10.6. The van der Waals surface area contributed by atoms with Gasteiger partial charge in [-0.25, -0.2) is 4.98 Å². The van der Waals surface area contributed by atoms with E-state index in [1.807, 2.05) is 32.9 Å². The van der Waals surface area contributed by atoms with Crippen LogP contribution in [0.4, 0.5) is 5.82 Å². The summed E-state index contributed by atoms with van der Waals surface area (Å²) in [6.45, 7) is 7.25. The Labute approximate surface area is 108 Å². The van der Waals surface area contributed by atoms with E-state index < -0.39 is 0 Å². The highest BCUT2D eigenvalue weighted by molar-refractivity contribution is 7.80. The Bertz CT molecular complexity index is 393. The summed E-state index contributed by atoms with van der Waals surface area (Å²) < 4.78 is 5.44. The fourth-order valence-corrected chi connectivity index (χ4v) is 1.52. The molecule has 0 radical (unpaired) electrons. The molecule has 0 aliphatic heterocycles. The van der Waals surface area contributed by atoms with Crippen LogP contribution in [0.2, 0.25) is 0 Å². The van der Waals surface area contributed by atoms with Crippen molar-refractivity contribution in [1.29, 1.82) is 0 Å². The zero-order chi connectivity index (χ0) is 12.8. The van der Waals surface area contributed by atoms with Crippen LogP contribution in [0.25, 0.3) is 0 Å². The van der Waals surface area contributed by atoms with Crippen molar-refractivity contribution >= 4 is 23.0 Å². The summed E-state index contributed by atoms with van der Waals surface area (Å²) in [5, 5.41) is 3.19. The number of thiocarbonyl (C=S) groups is 1. The van der Waals surface area contributed by atoms with E-state index in [1.54, 1.807) is 0 Å². The Hall–Kier alpha value is -1.20. The van der Waals surface area contributed by atoms with E-state index in [0.29, 0.717) is 18.1 Å². The maximum absolute atomic E-state index is 5.64. The lowest BCUT2D eigenvalue weighted by molar-refractivity contribution is 0.0870. The first kappa shape index (κ1) is 13.9. The van der Waals surface area contributed by atoms with E-state index in [4.69, 9.17) is 22.7 Å². The highest BCUT2D eigenvalue weighted by Gasteiger charge is 2.06. The number of ether oxygens (including phenoxy) is 1. The number of pyridine rings is 1. The van der Waals surface area contributed by atoms with Gasteiger partial charge in [0.25, 0.3) is 0 Å². The fourth-order valence-electron chi connectivity index (χ4n) is 1.35. The summed E-state index contributed by atoms with van der Waals surface area (Å²) in [7, 11) is 0. The maximum Gasteiger partial charge on any atom is 0.136 e. The van der Waals surface area contributed by atoms with Crippen molar-refractivity contribution in [2.75, 3.05) is 18.5 Å². The summed E-state index contributed by atoms with van der Waals surface area (Å²) in [6.07, 6.45) is 0.234. The third-order valence-corrected chi connectivity index (χ3v) is 2.37. The largest absolute Gasteiger partial charge is 0.389 e. The first-order valence-electron chi connectivity index (χ1n) is 5.63. The molecule has 0 amide bonds. The number of hydrogen-bond acceptors (Lipinski definition) is 4. The van der Waals surface area contributed by atoms with Gasteiger partial charge in [0.05, 0.1) is 18.3 Å². The van der Waals surface area contributed by atoms with Gasteiger partial charge in [-0.2, -0.15) is 0 Å². The van der Waals surface area contributed by atoms with E-state index in [2.05, 4.69) is 10.3 Å². The van der Waals surface area contributed by atoms with Gasteiger partial charge < -0.3 is 15.8 Å². The molecule has 1 rings (SSSR count). The molecule has 17 heavy (non-hydrogen) atoms. The Morgan fingerprint density at radius 2 is 2.24 bits per heavy atom. The second-order valence-corrected chi connectivity index (χ2v) is 4.50. The van der Waals surface area contributed by atoms with Crippen LogP contribution in [0.1, 0.15) is 25.1 Å². The fraction of sp³-hybridized carbons (Fsp3) is 0.500. The average molecular weight is 253 g/mol. The van der Waals surface area contributed by atoms with Gasteiger partial charge in [-0.1, -0.05) is 12.2 Å². The minimum Gasteiger partial charge on any atom is -0.389 e. The van der Waals surface area contributed by atoms with E-state index in [-0.39, 0.29) is 6.10 Å². The smallest absolute Gasteiger partial charge is 0.136 e.